The molecule has 1 aromatic rings. The van der Waals surface area contributed by atoms with E-state index in [0.29, 0.717) is 11.9 Å². The number of nitrogens with two attached hydrogens (primary N) is 1. The number of thiocyanates is 1. The summed E-state index contributed by atoms with van der Waals surface area (Å²) < 4.78 is 1.87. The van der Waals surface area contributed by atoms with Crippen molar-refractivity contribution in [2.75, 3.05) is 5.73 Å². The van der Waals surface area contributed by atoms with Gasteiger partial charge in [-0.2, -0.15) is 10.4 Å². The van der Waals surface area contributed by atoms with Gasteiger partial charge in [-0.25, -0.2) is 4.68 Å². The van der Waals surface area contributed by atoms with Crippen LogP contribution in [0.4, 0.5) is 5.82 Å². The lowest BCUT2D eigenvalue weighted by molar-refractivity contribution is 0.473. The van der Waals surface area contributed by atoms with Gasteiger partial charge < -0.3 is 5.73 Å². The molecular formula is C9H12N4S. The number of aromatic nitrogens is 2. The van der Waals surface area contributed by atoms with Crippen LogP contribution in [0.1, 0.15) is 31.7 Å². The fourth-order valence-corrected chi connectivity index (χ4v) is 2.32. The lowest BCUT2D eigenvalue weighted by Crippen LogP contribution is -2.09. The van der Waals surface area contributed by atoms with Crippen molar-refractivity contribution in [2.45, 2.75) is 36.6 Å². The lowest BCUT2D eigenvalue weighted by atomic mass is 10.2. The molecule has 4 nitrogen and oxygen atoms in total. The largest absolute Gasteiger partial charge is 0.383 e. The van der Waals surface area contributed by atoms with E-state index in [0.717, 1.165) is 29.5 Å². The summed E-state index contributed by atoms with van der Waals surface area (Å²) in [7, 11) is 0. The molecule has 1 heterocycles. The average molecular weight is 208 g/mol. The highest BCUT2D eigenvalue weighted by Gasteiger charge is 2.20. The molecule has 74 valence electrons. The molecule has 1 aliphatic carbocycles. The van der Waals surface area contributed by atoms with Gasteiger partial charge in [0.05, 0.1) is 17.1 Å². The Morgan fingerprint density at radius 2 is 2.29 bits per heavy atom. The predicted octanol–water partition coefficient (Wildman–Crippen LogP) is 2.15. The Labute approximate surface area is 87.1 Å². The Bertz CT molecular complexity index is 359. The third-order valence-corrected chi connectivity index (χ3v) is 3.25. The maximum absolute atomic E-state index is 8.54. The van der Waals surface area contributed by atoms with Crippen LogP contribution in [0.3, 0.4) is 0 Å². The number of hydrogen-bond donors (Lipinski definition) is 1. The molecular weight excluding hydrogens is 196 g/mol. The van der Waals surface area contributed by atoms with Crippen LogP contribution in [0.25, 0.3) is 0 Å². The standard InChI is InChI=1S/C9H12N4S/c10-6-14-8-5-12-13(9(8)11)7-3-1-2-4-7/h5,7H,1-4,11H2. The molecule has 0 amide bonds. The van der Waals surface area contributed by atoms with E-state index in [9.17, 15) is 0 Å². The third-order valence-electron chi connectivity index (χ3n) is 2.62. The van der Waals surface area contributed by atoms with Gasteiger partial charge in [0.25, 0.3) is 0 Å². The first kappa shape index (κ1) is 9.41. The zero-order chi connectivity index (χ0) is 9.97. The van der Waals surface area contributed by atoms with Crippen LogP contribution in [0.2, 0.25) is 0 Å². The summed E-state index contributed by atoms with van der Waals surface area (Å²) in [6.07, 6.45) is 6.50. The third kappa shape index (κ3) is 1.58. The fraction of sp³-hybridized carbons (Fsp3) is 0.556. The van der Waals surface area contributed by atoms with Crippen LogP contribution in [0, 0.1) is 10.7 Å². The molecule has 0 radical (unpaired) electrons. The molecule has 1 fully saturated rings. The van der Waals surface area contributed by atoms with Crippen molar-refractivity contribution in [3.8, 4) is 5.40 Å². The summed E-state index contributed by atoms with van der Waals surface area (Å²) in [5.74, 6) is 0.642. The van der Waals surface area contributed by atoms with Crippen LogP contribution in [0.5, 0.6) is 0 Å². The molecule has 0 atom stereocenters. The predicted molar refractivity (Wildman–Crippen MR) is 55.6 cm³/mol. The van der Waals surface area contributed by atoms with Gasteiger partial charge in [0.15, 0.2) is 0 Å². The molecule has 0 spiro atoms. The van der Waals surface area contributed by atoms with Gasteiger partial charge in [-0.1, -0.05) is 12.8 Å². The van der Waals surface area contributed by atoms with Crippen LogP contribution in [-0.2, 0) is 0 Å². The molecule has 1 saturated carbocycles. The number of thioether (sulfide) groups is 1. The van der Waals surface area contributed by atoms with Crippen molar-refractivity contribution in [3.63, 3.8) is 0 Å². The van der Waals surface area contributed by atoms with Gasteiger partial charge >= 0.3 is 0 Å². The second kappa shape index (κ2) is 3.93. The average Bonchev–Trinajstić information content (AvgIpc) is 2.77. The molecule has 0 aromatic carbocycles. The zero-order valence-corrected chi connectivity index (χ0v) is 8.63. The minimum absolute atomic E-state index is 0.447. The number of anilines is 1. The molecule has 1 aliphatic rings. The number of rotatable bonds is 2. The highest BCUT2D eigenvalue weighted by Crippen LogP contribution is 2.33. The van der Waals surface area contributed by atoms with E-state index in [4.69, 9.17) is 11.0 Å². The van der Waals surface area contributed by atoms with Crippen LogP contribution >= 0.6 is 11.8 Å². The topological polar surface area (TPSA) is 67.6 Å². The van der Waals surface area contributed by atoms with Crippen LogP contribution < -0.4 is 5.73 Å². The number of nitriles is 1. The molecule has 5 heteroatoms. The van der Waals surface area contributed by atoms with Gasteiger partial charge in [0, 0.05) is 0 Å². The van der Waals surface area contributed by atoms with Gasteiger partial charge in [-0.15, -0.1) is 0 Å². The molecule has 2 N–H and O–H groups in total. The Kier molecular flexibility index (Phi) is 2.64. The van der Waals surface area contributed by atoms with E-state index in [2.05, 4.69) is 5.10 Å². The molecule has 2 rings (SSSR count). The monoisotopic (exact) mass is 208 g/mol. The summed E-state index contributed by atoms with van der Waals surface area (Å²) in [6, 6.07) is 0.447. The summed E-state index contributed by atoms with van der Waals surface area (Å²) in [5.41, 5.74) is 5.90. The van der Waals surface area contributed by atoms with Crippen molar-refractivity contribution in [1.82, 2.24) is 9.78 Å². The van der Waals surface area contributed by atoms with E-state index < -0.39 is 0 Å². The number of nitrogen functional groups attached to an aromatic ring is 1. The summed E-state index contributed by atoms with van der Waals surface area (Å²) in [6.45, 7) is 0. The summed E-state index contributed by atoms with van der Waals surface area (Å²) in [4.78, 5) is 0.777. The van der Waals surface area contributed by atoms with Gasteiger partial charge in [0.1, 0.15) is 11.2 Å². The summed E-state index contributed by atoms with van der Waals surface area (Å²) >= 11 is 1.08. The SMILES string of the molecule is N#CSc1cnn(C2CCCC2)c1N. The first-order valence-corrected chi connectivity index (χ1v) is 5.53. The minimum Gasteiger partial charge on any atom is -0.383 e. The Morgan fingerprint density at radius 3 is 2.93 bits per heavy atom. The second-order valence-corrected chi connectivity index (χ2v) is 4.30. The lowest BCUT2D eigenvalue weighted by Gasteiger charge is -2.11. The minimum atomic E-state index is 0.447. The molecule has 0 aliphatic heterocycles. The van der Waals surface area contributed by atoms with Gasteiger partial charge in [-0.3, -0.25) is 0 Å². The quantitative estimate of drug-likeness (QED) is 0.597. The van der Waals surface area contributed by atoms with Crippen molar-refractivity contribution in [1.29, 1.82) is 5.26 Å². The Balaban J connectivity index is 2.22. The summed E-state index contributed by atoms with van der Waals surface area (Å²) in [5, 5.41) is 14.8. The maximum atomic E-state index is 8.54. The highest BCUT2D eigenvalue weighted by atomic mass is 32.2. The van der Waals surface area contributed by atoms with Crippen molar-refractivity contribution in [3.05, 3.63) is 6.20 Å². The maximum Gasteiger partial charge on any atom is 0.138 e. The highest BCUT2D eigenvalue weighted by molar-refractivity contribution is 8.03. The molecule has 0 unspecified atom stereocenters. The van der Waals surface area contributed by atoms with Crippen molar-refractivity contribution >= 4 is 17.6 Å². The normalized spacial score (nSPS) is 17.1. The fourth-order valence-electron chi connectivity index (χ4n) is 1.92. The van der Waals surface area contributed by atoms with E-state index in [1.807, 2.05) is 10.1 Å². The van der Waals surface area contributed by atoms with Gasteiger partial charge in [-0.05, 0) is 24.6 Å². The van der Waals surface area contributed by atoms with Crippen molar-refractivity contribution < 1.29 is 0 Å². The zero-order valence-electron chi connectivity index (χ0n) is 7.81. The molecule has 0 bridgehead atoms. The first-order chi connectivity index (χ1) is 6.83. The van der Waals surface area contributed by atoms with Crippen LogP contribution in [-0.4, -0.2) is 9.78 Å². The van der Waals surface area contributed by atoms with E-state index in [1.54, 1.807) is 6.20 Å². The number of hydrogen-bond acceptors (Lipinski definition) is 4. The van der Waals surface area contributed by atoms with E-state index in [-0.39, 0.29) is 0 Å². The Morgan fingerprint density at radius 1 is 1.57 bits per heavy atom. The Hall–Kier alpha value is -1.15. The molecule has 0 saturated heterocycles. The van der Waals surface area contributed by atoms with E-state index in [1.165, 1.54) is 12.8 Å². The van der Waals surface area contributed by atoms with Crippen molar-refractivity contribution in [2.24, 2.45) is 0 Å². The smallest absolute Gasteiger partial charge is 0.138 e. The number of nitrogens with zero attached hydrogens (tertiary/aromatic N) is 3. The van der Waals surface area contributed by atoms with E-state index >= 15 is 0 Å². The first-order valence-electron chi connectivity index (χ1n) is 4.72. The second-order valence-electron chi connectivity index (χ2n) is 3.47. The molecule has 14 heavy (non-hydrogen) atoms. The van der Waals surface area contributed by atoms with Crippen LogP contribution in [0.15, 0.2) is 11.1 Å². The van der Waals surface area contributed by atoms with Gasteiger partial charge in [0.2, 0.25) is 0 Å². The molecule has 1 aromatic heterocycles.